The molecule has 16 heavy (non-hydrogen) atoms. The molecule has 0 saturated carbocycles. The van der Waals surface area contributed by atoms with Crippen LogP contribution in [0.2, 0.25) is 0 Å². The van der Waals surface area contributed by atoms with E-state index >= 15 is 0 Å². The third-order valence-corrected chi connectivity index (χ3v) is 3.19. The number of aryl methyl sites for hydroxylation is 1. The minimum Gasteiger partial charge on any atom is -0.477 e. The first kappa shape index (κ1) is 12.9. The number of carboxylic acids is 1. The maximum Gasteiger partial charge on any atom is 0.347 e. The van der Waals surface area contributed by atoms with E-state index in [9.17, 15) is 4.79 Å². The normalized spacial score (nSPS) is 12.4. The number of carbonyl (C=O) groups is 1. The Labute approximate surface area is 98.5 Å². The molecule has 1 unspecified atom stereocenters. The Morgan fingerprint density at radius 1 is 1.69 bits per heavy atom. The largest absolute Gasteiger partial charge is 0.477 e. The zero-order valence-corrected chi connectivity index (χ0v) is 10.4. The third kappa shape index (κ3) is 3.46. The van der Waals surface area contributed by atoms with Gasteiger partial charge in [0.05, 0.1) is 5.69 Å². The van der Waals surface area contributed by atoms with Gasteiger partial charge in [0.25, 0.3) is 0 Å². The number of methoxy groups -OCH3 is 1. The summed E-state index contributed by atoms with van der Waals surface area (Å²) in [5, 5.41) is 12.7. The number of thiazole rings is 1. The van der Waals surface area contributed by atoms with Crippen LogP contribution in [0.15, 0.2) is 0 Å². The number of rotatable bonds is 6. The molecule has 0 spiro atoms. The Morgan fingerprint density at radius 2 is 2.38 bits per heavy atom. The predicted octanol–water partition coefficient (Wildman–Crippen LogP) is 1.99. The molecule has 6 heteroatoms. The van der Waals surface area contributed by atoms with E-state index in [-0.39, 0.29) is 6.04 Å². The molecule has 0 saturated heterocycles. The topological polar surface area (TPSA) is 71.5 Å². The molecule has 5 nitrogen and oxygen atoms in total. The summed E-state index contributed by atoms with van der Waals surface area (Å²) in [4.78, 5) is 15.3. The van der Waals surface area contributed by atoms with Gasteiger partial charge in [-0.3, -0.25) is 0 Å². The summed E-state index contributed by atoms with van der Waals surface area (Å²) in [7, 11) is 1.66. The number of nitrogens with zero attached hydrogens (tertiary/aromatic N) is 1. The lowest BCUT2D eigenvalue weighted by atomic mass is 10.2. The second-order valence-electron chi connectivity index (χ2n) is 3.57. The van der Waals surface area contributed by atoms with Crippen molar-refractivity contribution in [2.45, 2.75) is 26.3 Å². The van der Waals surface area contributed by atoms with E-state index in [2.05, 4.69) is 10.3 Å². The fourth-order valence-corrected chi connectivity index (χ4v) is 2.15. The summed E-state index contributed by atoms with van der Waals surface area (Å²) in [5.74, 6) is -0.924. The van der Waals surface area contributed by atoms with Gasteiger partial charge in [0.15, 0.2) is 5.13 Å². The van der Waals surface area contributed by atoms with Crippen molar-refractivity contribution in [1.82, 2.24) is 4.98 Å². The van der Waals surface area contributed by atoms with Crippen molar-refractivity contribution in [2.24, 2.45) is 0 Å². The maximum atomic E-state index is 10.8. The molecule has 1 aromatic rings. The number of hydrogen-bond acceptors (Lipinski definition) is 5. The number of hydrogen-bond donors (Lipinski definition) is 2. The second kappa shape index (κ2) is 5.81. The van der Waals surface area contributed by atoms with Crippen LogP contribution in [0.5, 0.6) is 0 Å². The molecule has 0 bridgehead atoms. The molecule has 0 aromatic carbocycles. The van der Waals surface area contributed by atoms with Crippen LogP contribution >= 0.6 is 11.3 Å². The van der Waals surface area contributed by atoms with Crippen LogP contribution in [0.1, 0.15) is 28.7 Å². The first-order valence-corrected chi connectivity index (χ1v) is 5.82. The minimum absolute atomic E-state index is 0.215. The van der Waals surface area contributed by atoms with Crippen molar-refractivity contribution in [3.63, 3.8) is 0 Å². The van der Waals surface area contributed by atoms with E-state index < -0.39 is 5.97 Å². The van der Waals surface area contributed by atoms with Crippen LogP contribution in [-0.4, -0.2) is 35.8 Å². The standard InChI is InChI=1S/C10H16N2O3S/c1-6(4-5-15-3)11-10-12-7(2)8(16-10)9(13)14/h6H,4-5H2,1-3H3,(H,11,12)(H,13,14). The zero-order chi connectivity index (χ0) is 12.1. The van der Waals surface area contributed by atoms with Gasteiger partial charge in [-0.15, -0.1) is 0 Å². The molecular weight excluding hydrogens is 228 g/mol. The molecule has 1 aromatic heterocycles. The average molecular weight is 244 g/mol. The Kier molecular flexibility index (Phi) is 4.70. The highest BCUT2D eigenvalue weighted by atomic mass is 32.1. The lowest BCUT2D eigenvalue weighted by Gasteiger charge is -2.11. The summed E-state index contributed by atoms with van der Waals surface area (Å²) >= 11 is 1.17. The molecule has 1 heterocycles. The fraction of sp³-hybridized carbons (Fsp3) is 0.600. The highest BCUT2D eigenvalue weighted by molar-refractivity contribution is 7.17. The highest BCUT2D eigenvalue weighted by Crippen LogP contribution is 2.23. The Morgan fingerprint density at radius 3 is 2.88 bits per heavy atom. The van der Waals surface area contributed by atoms with Crippen molar-refractivity contribution in [2.75, 3.05) is 19.0 Å². The predicted molar refractivity (Wildman–Crippen MR) is 63.4 cm³/mol. The van der Waals surface area contributed by atoms with Crippen molar-refractivity contribution >= 4 is 22.4 Å². The molecule has 0 aliphatic rings. The van der Waals surface area contributed by atoms with E-state index in [4.69, 9.17) is 9.84 Å². The van der Waals surface area contributed by atoms with Crippen LogP contribution < -0.4 is 5.32 Å². The Bertz CT molecular complexity index is 365. The average Bonchev–Trinajstić information content (AvgIpc) is 2.56. The van der Waals surface area contributed by atoms with Gasteiger partial charge in [0, 0.05) is 19.8 Å². The number of ether oxygens (including phenoxy) is 1. The molecule has 0 fully saturated rings. The van der Waals surface area contributed by atoms with E-state index in [0.29, 0.717) is 22.3 Å². The van der Waals surface area contributed by atoms with Crippen molar-refractivity contribution in [3.05, 3.63) is 10.6 Å². The summed E-state index contributed by atoms with van der Waals surface area (Å²) in [5.41, 5.74) is 0.555. The molecule has 1 atom stereocenters. The van der Waals surface area contributed by atoms with E-state index in [0.717, 1.165) is 6.42 Å². The lowest BCUT2D eigenvalue weighted by Crippen LogP contribution is -2.16. The Balaban J connectivity index is 2.60. The van der Waals surface area contributed by atoms with Gasteiger partial charge >= 0.3 is 5.97 Å². The maximum absolute atomic E-state index is 10.8. The molecule has 1 rings (SSSR count). The molecule has 0 aliphatic heterocycles. The van der Waals surface area contributed by atoms with Crippen LogP contribution in [0.25, 0.3) is 0 Å². The zero-order valence-electron chi connectivity index (χ0n) is 9.61. The van der Waals surface area contributed by atoms with E-state index in [1.165, 1.54) is 11.3 Å². The third-order valence-electron chi connectivity index (χ3n) is 2.12. The minimum atomic E-state index is -0.924. The van der Waals surface area contributed by atoms with Gasteiger partial charge in [-0.1, -0.05) is 11.3 Å². The lowest BCUT2D eigenvalue weighted by molar-refractivity contribution is 0.0701. The van der Waals surface area contributed by atoms with Crippen LogP contribution in [-0.2, 0) is 4.74 Å². The number of aromatic carboxylic acids is 1. The summed E-state index contributed by atoms with van der Waals surface area (Å²) < 4.78 is 4.97. The SMILES string of the molecule is COCCC(C)Nc1nc(C)c(C(=O)O)s1. The first-order chi connectivity index (χ1) is 7.54. The fourth-order valence-electron chi connectivity index (χ4n) is 1.23. The number of nitrogens with one attached hydrogen (secondary N) is 1. The monoisotopic (exact) mass is 244 g/mol. The number of carboxylic acid groups (broad SMARTS) is 1. The molecule has 0 radical (unpaired) electrons. The van der Waals surface area contributed by atoms with Gasteiger partial charge in [-0.05, 0) is 20.3 Å². The van der Waals surface area contributed by atoms with Crippen LogP contribution in [0, 0.1) is 6.92 Å². The van der Waals surface area contributed by atoms with Crippen LogP contribution in [0.4, 0.5) is 5.13 Å². The number of anilines is 1. The summed E-state index contributed by atoms with van der Waals surface area (Å²) in [6.07, 6.45) is 0.859. The van der Waals surface area contributed by atoms with Gasteiger partial charge < -0.3 is 15.2 Å². The second-order valence-corrected chi connectivity index (χ2v) is 4.56. The quantitative estimate of drug-likeness (QED) is 0.800. The van der Waals surface area contributed by atoms with E-state index in [1.807, 2.05) is 6.92 Å². The molecule has 0 aliphatic carbocycles. The van der Waals surface area contributed by atoms with Gasteiger partial charge in [0.1, 0.15) is 4.88 Å². The molecule has 90 valence electrons. The van der Waals surface area contributed by atoms with Crippen LogP contribution in [0.3, 0.4) is 0 Å². The molecule has 2 N–H and O–H groups in total. The smallest absolute Gasteiger partial charge is 0.347 e. The number of aromatic nitrogens is 1. The molecular formula is C10H16N2O3S. The van der Waals surface area contributed by atoms with Gasteiger partial charge in [-0.2, -0.15) is 0 Å². The van der Waals surface area contributed by atoms with Crippen molar-refractivity contribution in [1.29, 1.82) is 0 Å². The summed E-state index contributed by atoms with van der Waals surface area (Å²) in [6, 6.07) is 0.215. The summed E-state index contributed by atoms with van der Waals surface area (Å²) in [6.45, 7) is 4.38. The Hall–Kier alpha value is -1.14. The van der Waals surface area contributed by atoms with Crippen molar-refractivity contribution in [3.8, 4) is 0 Å². The molecule has 0 amide bonds. The van der Waals surface area contributed by atoms with Gasteiger partial charge in [-0.25, -0.2) is 9.78 Å². The highest BCUT2D eigenvalue weighted by Gasteiger charge is 2.14. The van der Waals surface area contributed by atoms with Crippen molar-refractivity contribution < 1.29 is 14.6 Å². The first-order valence-electron chi connectivity index (χ1n) is 5.00. The van der Waals surface area contributed by atoms with E-state index in [1.54, 1.807) is 14.0 Å². The van der Waals surface area contributed by atoms with Gasteiger partial charge in [0.2, 0.25) is 0 Å².